The van der Waals surface area contributed by atoms with Crippen LogP contribution in [0, 0.1) is 6.92 Å². The van der Waals surface area contributed by atoms with Crippen molar-refractivity contribution < 1.29 is 4.79 Å². The summed E-state index contributed by atoms with van der Waals surface area (Å²) in [4.78, 5) is 29.8. The largest absolute Gasteiger partial charge is 0.370 e. The fraction of sp³-hybridized carbons (Fsp3) is 0.316. The molecule has 130 valence electrons. The predicted molar refractivity (Wildman–Crippen MR) is 102 cm³/mol. The Morgan fingerprint density at radius 3 is 2.56 bits per heavy atom. The van der Waals surface area contributed by atoms with Crippen LogP contribution in [-0.4, -0.2) is 15.5 Å². The minimum absolute atomic E-state index is 0.0786. The van der Waals surface area contributed by atoms with E-state index in [-0.39, 0.29) is 24.4 Å². The lowest BCUT2D eigenvalue weighted by atomic mass is 10.0. The lowest BCUT2D eigenvalue weighted by molar-refractivity contribution is -0.118. The summed E-state index contributed by atoms with van der Waals surface area (Å²) in [6.45, 7) is 6.27. The van der Waals surface area contributed by atoms with E-state index >= 15 is 0 Å². The average Bonchev–Trinajstić information content (AvgIpc) is 2.98. The first kappa shape index (κ1) is 17.4. The van der Waals surface area contributed by atoms with Crippen LogP contribution < -0.4 is 11.3 Å². The van der Waals surface area contributed by atoms with Gasteiger partial charge in [-0.25, -0.2) is 4.98 Å². The molecule has 0 aliphatic heterocycles. The van der Waals surface area contributed by atoms with Gasteiger partial charge in [0.2, 0.25) is 5.91 Å². The van der Waals surface area contributed by atoms with Crippen molar-refractivity contribution in [1.29, 1.82) is 0 Å². The van der Waals surface area contributed by atoms with E-state index in [2.05, 4.69) is 0 Å². The monoisotopic (exact) mass is 355 g/mol. The zero-order valence-corrected chi connectivity index (χ0v) is 15.4. The van der Waals surface area contributed by atoms with Gasteiger partial charge in [0.1, 0.15) is 10.7 Å². The Kier molecular flexibility index (Phi) is 4.72. The number of aryl methyl sites for hydroxylation is 1. The van der Waals surface area contributed by atoms with Crippen LogP contribution in [0.4, 0.5) is 0 Å². The highest BCUT2D eigenvalue weighted by atomic mass is 32.1. The van der Waals surface area contributed by atoms with Gasteiger partial charge in [0.05, 0.1) is 5.39 Å². The van der Waals surface area contributed by atoms with E-state index in [9.17, 15) is 9.59 Å². The molecule has 0 saturated heterocycles. The lowest BCUT2D eigenvalue weighted by Gasteiger charge is -2.14. The summed E-state index contributed by atoms with van der Waals surface area (Å²) in [6.07, 6.45) is 0.122. The quantitative estimate of drug-likeness (QED) is 0.761. The second-order valence-electron chi connectivity index (χ2n) is 6.49. The molecule has 5 nitrogen and oxygen atoms in total. The molecule has 2 aromatic heterocycles. The maximum Gasteiger partial charge on any atom is 0.262 e. The number of rotatable bonds is 5. The molecule has 0 spiro atoms. The number of nitrogens with zero attached hydrogens (tertiary/aromatic N) is 2. The second-order valence-corrected chi connectivity index (χ2v) is 7.35. The molecule has 6 heteroatoms. The number of carbonyl (C=O) groups excluding carboxylic acids is 1. The Morgan fingerprint density at radius 1 is 1.28 bits per heavy atom. The number of benzene rings is 1. The average molecular weight is 355 g/mol. The molecular weight excluding hydrogens is 334 g/mol. The number of carbonyl (C=O) groups is 1. The Morgan fingerprint density at radius 2 is 1.96 bits per heavy atom. The van der Waals surface area contributed by atoms with Crippen LogP contribution >= 0.6 is 11.3 Å². The van der Waals surface area contributed by atoms with Crippen molar-refractivity contribution in [2.24, 2.45) is 5.73 Å². The number of thiophene rings is 1. The minimum atomic E-state index is -0.425. The standard InChI is InChI=1S/C19H21N3O2S/c1-11(2)17-21-18-16(19(24)22(17)9-8-15(20)23)14(10-25-18)13-6-4-12(3)5-7-13/h4-7,10-11H,8-9H2,1-3H3,(H2,20,23). The third-order valence-electron chi connectivity index (χ3n) is 4.18. The molecule has 3 rings (SSSR count). The third kappa shape index (κ3) is 3.35. The van der Waals surface area contributed by atoms with Gasteiger partial charge >= 0.3 is 0 Å². The Hall–Kier alpha value is -2.47. The van der Waals surface area contributed by atoms with E-state index in [0.717, 1.165) is 16.0 Å². The molecule has 25 heavy (non-hydrogen) atoms. The fourth-order valence-electron chi connectivity index (χ4n) is 2.86. The van der Waals surface area contributed by atoms with Crippen LogP contribution in [0.2, 0.25) is 0 Å². The van der Waals surface area contributed by atoms with Gasteiger partial charge in [0.25, 0.3) is 5.56 Å². The molecule has 0 saturated carbocycles. The smallest absolute Gasteiger partial charge is 0.262 e. The Balaban J connectivity index is 2.23. The minimum Gasteiger partial charge on any atom is -0.370 e. The zero-order chi connectivity index (χ0) is 18.1. The molecule has 0 unspecified atom stereocenters. The van der Waals surface area contributed by atoms with Gasteiger partial charge < -0.3 is 5.73 Å². The molecule has 2 N–H and O–H groups in total. The van der Waals surface area contributed by atoms with E-state index in [1.807, 2.05) is 50.4 Å². The molecule has 1 aromatic carbocycles. The molecule has 0 bridgehead atoms. The van der Waals surface area contributed by atoms with Crippen molar-refractivity contribution in [2.75, 3.05) is 0 Å². The SMILES string of the molecule is Cc1ccc(-c2csc3nc(C(C)C)n(CCC(N)=O)c(=O)c23)cc1. The molecule has 2 heterocycles. The molecular formula is C19H21N3O2S. The Labute approximate surface area is 150 Å². The van der Waals surface area contributed by atoms with Crippen molar-refractivity contribution in [1.82, 2.24) is 9.55 Å². The summed E-state index contributed by atoms with van der Waals surface area (Å²) in [5.74, 6) is 0.344. The number of amides is 1. The molecule has 0 aliphatic rings. The molecule has 0 radical (unpaired) electrons. The van der Waals surface area contributed by atoms with Gasteiger partial charge in [-0.1, -0.05) is 43.7 Å². The lowest BCUT2D eigenvalue weighted by Crippen LogP contribution is -2.28. The van der Waals surface area contributed by atoms with Crippen molar-refractivity contribution in [2.45, 2.75) is 39.7 Å². The van der Waals surface area contributed by atoms with Crippen molar-refractivity contribution >= 4 is 27.5 Å². The summed E-state index contributed by atoms with van der Waals surface area (Å²) in [7, 11) is 0. The van der Waals surface area contributed by atoms with Gasteiger partial charge in [0.15, 0.2) is 0 Å². The summed E-state index contributed by atoms with van der Waals surface area (Å²) >= 11 is 1.48. The summed E-state index contributed by atoms with van der Waals surface area (Å²) in [5, 5.41) is 2.59. The number of aromatic nitrogens is 2. The van der Waals surface area contributed by atoms with Crippen molar-refractivity contribution in [3.05, 3.63) is 51.4 Å². The van der Waals surface area contributed by atoms with Crippen molar-refractivity contribution in [3.8, 4) is 11.1 Å². The normalized spacial score (nSPS) is 11.4. The van der Waals surface area contributed by atoms with E-state index in [4.69, 9.17) is 10.7 Å². The third-order valence-corrected chi connectivity index (χ3v) is 5.06. The van der Waals surface area contributed by atoms with E-state index in [1.54, 1.807) is 4.57 Å². The highest BCUT2D eigenvalue weighted by molar-refractivity contribution is 7.17. The second kappa shape index (κ2) is 6.80. The molecule has 1 amide bonds. The van der Waals surface area contributed by atoms with Crippen LogP contribution in [0.5, 0.6) is 0 Å². The van der Waals surface area contributed by atoms with Gasteiger partial charge in [0, 0.05) is 29.8 Å². The topological polar surface area (TPSA) is 78.0 Å². The van der Waals surface area contributed by atoms with Crippen LogP contribution in [-0.2, 0) is 11.3 Å². The number of primary amides is 1. The van der Waals surface area contributed by atoms with E-state index < -0.39 is 5.91 Å². The van der Waals surface area contributed by atoms with Gasteiger partial charge in [-0.2, -0.15) is 0 Å². The van der Waals surface area contributed by atoms with Crippen LogP contribution in [0.15, 0.2) is 34.4 Å². The highest BCUT2D eigenvalue weighted by Crippen LogP contribution is 2.32. The van der Waals surface area contributed by atoms with E-state index in [1.165, 1.54) is 16.9 Å². The number of hydrogen-bond acceptors (Lipinski definition) is 4. The number of hydrogen-bond donors (Lipinski definition) is 1. The first-order valence-corrected chi connectivity index (χ1v) is 9.13. The Bertz CT molecular complexity index is 984. The first-order chi connectivity index (χ1) is 11.9. The van der Waals surface area contributed by atoms with E-state index in [0.29, 0.717) is 11.2 Å². The van der Waals surface area contributed by atoms with Crippen LogP contribution in [0.25, 0.3) is 21.3 Å². The van der Waals surface area contributed by atoms with Gasteiger partial charge in [-0.05, 0) is 12.5 Å². The predicted octanol–water partition coefficient (Wildman–Crippen LogP) is 3.43. The molecule has 0 atom stereocenters. The van der Waals surface area contributed by atoms with Crippen LogP contribution in [0.1, 0.15) is 37.6 Å². The number of nitrogens with two attached hydrogens (primary N) is 1. The first-order valence-electron chi connectivity index (χ1n) is 8.25. The maximum atomic E-state index is 13.2. The molecule has 3 aromatic rings. The zero-order valence-electron chi connectivity index (χ0n) is 14.6. The molecule has 0 aliphatic carbocycles. The highest BCUT2D eigenvalue weighted by Gasteiger charge is 2.18. The maximum absolute atomic E-state index is 13.2. The fourth-order valence-corrected chi connectivity index (χ4v) is 3.81. The van der Waals surface area contributed by atoms with Crippen molar-refractivity contribution in [3.63, 3.8) is 0 Å². The summed E-state index contributed by atoms with van der Waals surface area (Å²) in [5.41, 5.74) is 8.22. The summed E-state index contributed by atoms with van der Waals surface area (Å²) < 4.78 is 1.60. The van der Waals surface area contributed by atoms with Gasteiger partial charge in [-0.3, -0.25) is 14.2 Å². The van der Waals surface area contributed by atoms with Gasteiger partial charge in [-0.15, -0.1) is 11.3 Å². The molecule has 0 fully saturated rings. The summed E-state index contributed by atoms with van der Waals surface area (Å²) in [6, 6.07) is 8.08. The van der Waals surface area contributed by atoms with Crippen LogP contribution in [0.3, 0.4) is 0 Å². The number of fused-ring (bicyclic) bond motifs is 1.